The molecule has 0 amide bonds. The highest BCUT2D eigenvalue weighted by molar-refractivity contribution is 5.57. The van der Waals surface area contributed by atoms with Gasteiger partial charge in [-0.1, -0.05) is 19.9 Å². The summed E-state index contributed by atoms with van der Waals surface area (Å²) in [6.07, 6.45) is 0. The molecular weight excluding hydrogens is 252 g/mol. The third-order valence-corrected chi connectivity index (χ3v) is 2.70. The lowest BCUT2D eigenvalue weighted by molar-refractivity contribution is 0.262. The van der Waals surface area contributed by atoms with Gasteiger partial charge in [0.15, 0.2) is 11.6 Å². The second-order valence-corrected chi connectivity index (χ2v) is 4.70. The predicted octanol–water partition coefficient (Wildman–Crippen LogP) is 2.37. The van der Waals surface area contributed by atoms with E-state index in [2.05, 4.69) is 10.2 Å². The fourth-order valence-electron chi connectivity index (χ4n) is 1.91. The van der Waals surface area contributed by atoms with Gasteiger partial charge in [0.25, 0.3) is 0 Å². The zero-order valence-electron chi connectivity index (χ0n) is 10.8. The van der Waals surface area contributed by atoms with Crippen LogP contribution in [0.1, 0.15) is 19.7 Å². The maximum absolute atomic E-state index is 13.8. The van der Waals surface area contributed by atoms with E-state index in [1.165, 1.54) is 18.2 Å². The molecule has 2 aromatic rings. The third-order valence-electron chi connectivity index (χ3n) is 2.70. The molecule has 6 heteroatoms. The van der Waals surface area contributed by atoms with E-state index in [0.717, 1.165) is 0 Å². The van der Waals surface area contributed by atoms with E-state index in [1.54, 1.807) is 4.57 Å². The van der Waals surface area contributed by atoms with Gasteiger partial charge >= 0.3 is 0 Å². The highest BCUT2D eigenvalue weighted by Gasteiger charge is 2.20. The molecule has 0 radical (unpaired) electrons. The van der Waals surface area contributed by atoms with E-state index < -0.39 is 11.6 Å². The summed E-state index contributed by atoms with van der Waals surface area (Å²) in [4.78, 5) is 0. The summed E-state index contributed by atoms with van der Waals surface area (Å²) in [5.74, 6) is -0.752. The van der Waals surface area contributed by atoms with Crippen molar-refractivity contribution >= 4 is 0 Å². The highest BCUT2D eigenvalue weighted by atomic mass is 19.1. The molecule has 102 valence electrons. The number of hydrogen-bond acceptors (Lipinski definition) is 3. The Morgan fingerprint density at radius 2 is 1.84 bits per heavy atom. The summed E-state index contributed by atoms with van der Waals surface area (Å²) < 4.78 is 29.1. The summed E-state index contributed by atoms with van der Waals surface area (Å²) in [6, 6.07) is 3.64. The number of aromatic nitrogens is 3. The van der Waals surface area contributed by atoms with E-state index >= 15 is 0 Å². The van der Waals surface area contributed by atoms with E-state index in [1.807, 2.05) is 13.8 Å². The Balaban J connectivity index is 2.59. The predicted molar refractivity (Wildman–Crippen MR) is 66.1 cm³/mol. The van der Waals surface area contributed by atoms with Gasteiger partial charge in [-0.25, -0.2) is 8.78 Å². The number of rotatable bonds is 4. The van der Waals surface area contributed by atoms with Crippen LogP contribution >= 0.6 is 0 Å². The molecule has 4 nitrogen and oxygen atoms in total. The van der Waals surface area contributed by atoms with E-state index in [0.29, 0.717) is 12.4 Å². The molecule has 0 saturated carbocycles. The first-order valence-electron chi connectivity index (χ1n) is 6.02. The molecule has 0 aliphatic carbocycles. The Labute approximate surface area is 109 Å². The minimum Gasteiger partial charge on any atom is -0.388 e. The van der Waals surface area contributed by atoms with Gasteiger partial charge in [-0.2, -0.15) is 0 Å². The van der Waals surface area contributed by atoms with Crippen LogP contribution in [0.3, 0.4) is 0 Å². The Kier molecular flexibility index (Phi) is 3.90. The van der Waals surface area contributed by atoms with Crippen molar-refractivity contribution in [2.45, 2.75) is 27.0 Å². The zero-order chi connectivity index (χ0) is 14.0. The van der Waals surface area contributed by atoms with Crippen LogP contribution in [0.4, 0.5) is 8.78 Å². The van der Waals surface area contributed by atoms with Crippen molar-refractivity contribution in [2.75, 3.05) is 0 Å². The quantitative estimate of drug-likeness (QED) is 0.925. The molecule has 1 heterocycles. The maximum atomic E-state index is 13.8. The molecule has 1 aromatic carbocycles. The largest absolute Gasteiger partial charge is 0.388 e. The molecule has 0 saturated heterocycles. The Hall–Kier alpha value is -1.82. The SMILES string of the molecule is CC(C)Cn1c(CO)nnc1-c1c(F)cccc1F. The number of hydrogen-bond donors (Lipinski definition) is 1. The Morgan fingerprint density at radius 3 is 2.37 bits per heavy atom. The Morgan fingerprint density at radius 1 is 1.21 bits per heavy atom. The lowest BCUT2D eigenvalue weighted by Crippen LogP contribution is -2.11. The van der Waals surface area contributed by atoms with Gasteiger partial charge in [0.2, 0.25) is 0 Å². The van der Waals surface area contributed by atoms with Gasteiger partial charge in [0.05, 0.1) is 5.56 Å². The molecule has 0 aliphatic heterocycles. The van der Waals surface area contributed by atoms with Crippen LogP contribution in [0.25, 0.3) is 11.4 Å². The van der Waals surface area contributed by atoms with Crippen molar-refractivity contribution in [3.05, 3.63) is 35.7 Å². The summed E-state index contributed by atoms with van der Waals surface area (Å²) in [6.45, 7) is 4.08. The lowest BCUT2D eigenvalue weighted by atomic mass is 10.1. The third kappa shape index (κ3) is 2.63. The molecule has 2 rings (SSSR count). The summed E-state index contributed by atoms with van der Waals surface area (Å²) in [5, 5.41) is 16.8. The average molecular weight is 267 g/mol. The fourth-order valence-corrected chi connectivity index (χ4v) is 1.91. The second-order valence-electron chi connectivity index (χ2n) is 4.70. The molecule has 0 atom stereocenters. The molecule has 0 fully saturated rings. The smallest absolute Gasteiger partial charge is 0.169 e. The molecule has 19 heavy (non-hydrogen) atoms. The standard InChI is InChI=1S/C13H15F2N3O/c1-8(2)6-18-11(7-19)16-17-13(18)12-9(14)4-3-5-10(12)15/h3-5,8,19H,6-7H2,1-2H3. The highest BCUT2D eigenvalue weighted by Crippen LogP contribution is 2.25. The van der Waals surface area contributed by atoms with Gasteiger partial charge < -0.3 is 9.67 Å². The van der Waals surface area contributed by atoms with Crippen molar-refractivity contribution in [1.82, 2.24) is 14.8 Å². The van der Waals surface area contributed by atoms with Crippen LogP contribution in [0.15, 0.2) is 18.2 Å². The second kappa shape index (κ2) is 5.44. The van der Waals surface area contributed by atoms with E-state index in [9.17, 15) is 13.9 Å². The van der Waals surface area contributed by atoms with Crippen LogP contribution in [0.2, 0.25) is 0 Å². The first-order valence-corrected chi connectivity index (χ1v) is 6.02. The van der Waals surface area contributed by atoms with Crippen molar-refractivity contribution in [3.63, 3.8) is 0 Å². The molecule has 0 bridgehead atoms. The van der Waals surface area contributed by atoms with Gasteiger partial charge in [-0.05, 0) is 18.1 Å². The van der Waals surface area contributed by atoms with Crippen LogP contribution in [-0.2, 0) is 13.2 Å². The van der Waals surface area contributed by atoms with Gasteiger partial charge in [0, 0.05) is 6.54 Å². The first kappa shape index (κ1) is 13.6. The maximum Gasteiger partial charge on any atom is 0.169 e. The van der Waals surface area contributed by atoms with Crippen LogP contribution < -0.4 is 0 Å². The van der Waals surface area contributed by atoms with Crippen molar-refractivity contribution in [1.29, 1.82) is 0 Å². The number of aliphatic hydroxyl groups excluding tert-OH is 1. The zero-order valence-corrected chi connectivity index (χ0v) is 10.8. The minimum absolute atomic E-state index is 0.105. The fraction of sp³-hybridized carbons (Fsp3) is 0.385. The summed E-state index contributed by atoms with van der Waals surface area (Å²) in [7, 11) is 0. The number of aliphatic hydroxyl groups is 1. The van der Waals surface area contributed by atoms with E-state index in [-0.39, 0.29) is 23.9 Å². The monoisotopic (exact) mass is 267 g/mol. The van der Waals surface area contributed by atoms with Gasteiger partial charge in [-0.3, -0.25) is 0 Å². The topological polar surface area (TPSA) is 50.9 Å². The molecule has 0 aliphatic rings. The summed E-state index contributed by atoms with van der Waals surface area (Å²) >= 11 is 0. The summed E-state index contributed by atoms with van der Waals surface area (Å²) in [5.41, 5.74) is -0.213. The number of nitrogens with zero attached hydrogens (tertiary/aromatic N) is 3. The number of benzene rings is 1. The first-order chi connectivity index (χ1) is 9.04. The molecule has 0 unspecified atom stereocenters. The molecule has 0 spiro atoms. The van der Waals surface area contributed by atoms with Gasteiger partial charge in [0.1, 0.15) is 18.2 Å². The van der Waals surface area contributed by atoms with Crippen LogP contribution in [-0.4, -0.2) is 19.9 Å². The van der Waals surface area contributed by atoms with E-state index in [4.69, 9.17) is 0 Å². The van der Waals surface area contributed by atoms with Crippen molar-refractivity contribution < 1.29 is 13.9 Å². The average Bonchev–Trinajstić information content (AvgIpc) is 2.71. The molecule has 1 aromatic heterocycles. The Bertz CT molecular complexity index is 561. The van der Waals surface area contributed by atoms with Crippen molar-refractivity contribution in [3.8, 4) is 11.4 Å². The minimum atomic E-state index is -0.693. The van der Waals surface area contributed by atoms with Crippen molar-refractivity contribution in [2.24, 2.45) is 5.92 Å². The lowest BCUT2D eigenvalue weighted by Gasteiger charge is -2.12. The van der Waals surface area contributed by atoms with Gasteiger partial charge in [-0.15, -0.1) is 10.2 Å². The normalized spacial score (nSPS) is 11.3. The molecular formula is C13H15F2N3O. The molecule has 1 N–H and O–H groups in total. The van der Waals surface area contributed by atoms with Crippen LogP contribution in [0.5, 0.6) is 0 Å². The van der Waals surface area contributed by atoms with Crippen LogP contribution in [0, 0.1) is 17.6 Å². The number of halogens is 2.